The van der Waals surface area contributed by atoms with Crippen LogP contribution in [0.15, 0.2) is 5.16 Å². The average Bonchev–Trinajstić information content (AvgIpc) is 3.19. The standard InChI is InChI=1S/C14H22N4O2S/c1-9-15-13(18-17-9)21-11-4-3-7-14(8-11,12(19)20-2)16-10-5-6-10/h10-11,16H,3-8H2,1-2H3,(H,15,17,18). The minimum absolute atomic E-state index is 0.120. The first-order valence-corrected chi connectivity index (χ1v) is 8.41. The highest BCUT2D eigenvalue weighted by molar-refractivity contribution is 7.99. The number of aromatic amines is 1. The van der Waals surface area contributed by atoms with Crippen LogP contribution in [0, 0.1) is 6.92 Å². The monoisotopic (exact) mass is 310 g/mol. The second kappa shape index (κ2) is 5.96. The molecule has 1 aromatic rings. The zero-order chi connectivity index (χ0) is 14.9. The molecule has 3 rings (SSSR count). The molecule has 2 fully saturated rings. The van der Waals surface area contributed by atoms with Gasteiger partial charge >= 0.3 is 5.97 Å². The van der Waals surface area contributed by atoms with Gasteiger partial charge in [-0.3, -0.25) is 15.2 Å². The SMILES string of the molecule is COC(=O)C1(NC2CC2)CCCC(Sc2n[nH]c(C)n2)C1. The molecule has 1 aromatic heterocycles. The second-order valence-electron chi connectivity index (χ2n) is 6.03. The number of hydrogen-bond donors (Lipinski definition) is 2. The Bertz CT molecular complexity index is 517. The fraction of sp³-hybridized carbons (Fsp3) is 0.786. The van der Waals surface area contributed by atoms with E-state index in [4.69, 9.17) is 4.74 Å². The molecule has 1 heterocycles. The third-order valence-electron chi connectivity index (χ3n) is 4.19. The van der Waals surface area contributed by atoms with Crippen molar-refractivity contribution in [1.29, 1.82) is 0 Å². The fourth-order valence-corrected chi connectivity index (χ4v) is 4.28. The Morgan fingerprint density at radius 1 is 1.48 bits per heavy atom. The number of ether oxygens (including phenoxy) is 1. The summed E-state index contributed by atoms with van der Waals surface area (Å²) in [6, 6.07) is 0.485. The number of hydrogen-bond acceptors (Lipinski definition) is 6. The van der Waals surface area contributed by atoms with Gasteiger partial charge in [-0.05, 0) is 45.4 Å². The number of carbonyl (C=O) groups is 1. The van der Waals surface area contributed by atoms with Crippen LogP contribution in [0.3, 0.4) is 0 Å². The number of nitrogens with zero attached hydrogens (tertiary/aromatic N) is 2. The van der Waals surface area contributed by atoms with Gasteiger partial charge in [0.25, 0.3) is 0 Å². The summed E-state index contributed by atoms with van der Waals surface area (Å²) in [4.78, 5) is 16.7. The highest BCUT2D eigenvalue weighted by Gasteiger charge is 2.47. The molecule has 2 atom stereocenters. The van der Waals surface area contributed by atoms with Crippen LogP contribution in [-0.4, -0.2) is 45.1 Å². The highest BCUT2D eigenvalue weighted by Crippen LogP contribution is 2.39. The van der Waals surface area contributed by atoms with Crippen molar-refractivity contribution in [2.45, 2.75) is 67.4 Å². The maximum absolute atomic E-state index is 12.3. The van der Waals surface area contributed by atoms with Crippen molar-refractivity contribution >= 4 is 17.7 Å². The third kappa shape index (κ3) is 3.40. The van der Waals surface area contributed by atoms with Gasteiger partial charge in [0.15, 0.2) is 0 Å². The predicted octanol–water partition coefficient (Wildman–Crippen LogP) is 1.81. The number of aryl methyl sites for hydroxylation is 1. The highest BCUT2D eigenvalue weighted by atomic mass is 32.2. The lowest BCUT2D eigenvalue weighted by molar-refractivity contribution is -0.150. The van der Waals surface area contributed by atoms with Crippen LogP contribution >= 0.6 is 11.8 Å². The molecule has 0 spiro atoms. The number of methoxy groups -OCH3 is 1. The summed E-state index contributed by atoms with van der Waals surface area (Å²) in [5, 5.41) is 11.7. The van der Waals surface area contributed by atoms with Crippen LogP contribution in [0.25, 0.3) is 0 Å². The Labute approximate surface area is 128 Å². The van der Waals surface area contributed by atoms with E-state index in [0.717, 1.165) is 49.5 Å². The van der Waals surface area contributed by atoms with Crippen LogP contribution in [-0.2, 0) is 9.53 Å². The van der Waals surface area contributed by atoms with Crippen LogP contribution < -0.4 is 5.32 Å². The molecule has 2 aliphatic carbocycles. The van der Waals surface area contributed by atoms with Crippen molar-refractivity contribution in [2.75, 3.05) is 7.11 Å². The number of aromatic nitrogens is 3. The second-order valence-corrected chi connectivity index (χ2v) is 7.30. The van der Waals surface area contributed by atoms with E-state index in [1.165, 1.54) is 7.11 Å². The lowest BCUT2D eigenvalue weighted by atomic mass is 9.81. The maximum Gasteiger partial charge on any atom is 0.326 e. The molecule has 0 aromatic carbocycles. The van der Waals surface area contributed by atoms with Gasteiger partial charge in [-0.2, -0.15) is 0 Å². The molecule has 0 saturated heterocycles. The maximum atomic E-state index is 12.3. The Morgan fingerprint density at radius 2 is 2.29 bits per heavy atom. The minimum Gasteiger partial charge on any atom is -0.468 e. The largest absolute Gasteiger partial charge is 0.468 e. The van der Waals surface area contributed by atoms with Gasteiger partial charge in [0.05, 0.1) is 7.11 Å². The lowest BCUT2D eigenvalue weighted by Crippen LogP contribution is -2.56. The number of H-pyrrole nitrogens is 1. The molecule has 0 radical (unpaired) electrons. The van der Waals surface area contributed by atoms with E-state index in [1.807, 2.05) is 6.92 Å². The van der Waals surface area contributed by atoms with E-state index in [1.54, 1.807) is 11.8 Å². The molecule has 2 aliphatic rings. The third-order valence-corrected chi connectivity index (χ3v) is 5.32. The quantitative estimate of drug-likeness (QED) is 0.808. The van der Waals surface area contributed by atoms with Gasteiger partial charge in [-0.25, -0.2) is 4.98 Å². The number of rotatable bonds is 5. The number of nitrogens with one attached hydrogen (secondary N) is 2. The molecular formula is C14H22N4O2S. The average molecular weight is 310 g/mol. The van der Waals surface area contributed by atoms with Crippen molar-refractivity contribution in [3.05, 3.63) is 5.82 Å². The number of esters is 1. The van der Waals surface area contributed by atoms with Crippen molar-refractivity contribution in [3.63, 3.8) is 0 Å². The molecule has 0 aliphatic heterocycles. The van der Waals surface area contributed by atoms with Crippen LogP contribution in [0.2, 0.25) is 0 Å². The van der Waals surface area contributed by atoms with E-state index in [-0.39, 0.29) is 5.97 Å². The Kier molecular flexibility index (Phi) is 4.21. The summed E-state index contributed by atoms with van der Waals surface area (Å²) < 4.78 is 5.08. The first-order chi connectivity index (χ1) is 10.1. The smallest absolute Gasteiger partial charge is 0.326 e. The molecule has 2 saturated carbocycles. The minimum atomic E-state index is -0.517. The van der Waals surface area contributed by atoms with Crippen LogP contribution in [0.4, 0.5) is 0 Å². The van der Waals surface area contributed by atoms with Crippen LogP contribution in [0.1, 0.15) is 44.3 Å². The summed E-state index contributed by atoms with van der Waals surface area (Å²) >= 11 is 1.66. The summed E-state index contributed by atoms with van der Waals surface area (Å²) in [6.45, 7) is 1.89. The molecule has 0 amide bonds. The zero-order valence-corrected chi connectivity index (χ0v) is 13.3. The van der Waals surface area contributed by atoms with Gasteiger partial charge in [-0.1, -0.05) is 11.8 Å². The van der Waals surface area contributed by atoms with Gasteiger partial charge in [0, 0.05) is 11.3 Å². The lowest BCUT2D eigenvalue weighted by Gasteiger charge is -2.39. The Balaban J connectivity index is 1.70. The fourth-order valence-electron chi connectivity index (χ4n) is 3.04. The summed E-state index contributed by atoms with van der Waals surface area (Å²) in [7, 11) is 1.48. The van der Waals surface area contributed by atoms with Gasteiger partial charge in [0.2, 0.25) is 5.16 Å². The first kappa shape index (κ1) is 14.8. The van der Waals surface area contributed by atoms with Crippen molar-refractivity contribution < 1.29 is 9.53 Å². The molecule has 21 heavy (non-hydrogen) atoms. The van der Waals surface area contributed by atoms with Crippen LogP contribution in [0.5, 0.6) is 0 Å². The van der Waals surface area contributed by atoms with Gasteiger partial charge < -0.3 is 4.74 Å². The van der Waals surface area contributed by atoms with Crippen molar-refractivity contribution in [2.24, 2.45) is 0 Å². The van der Waals surface area contributed by atoms with E-state index in [2.05, 4.69) is 20.5 Å². The van der Waals surface area contributed by atoms with Gasteiger partial charge in [-0.15, -0.1) is 5.10 Å². The Hall–Kier alpha value is -1.08. The molecule has 116 valence electrons. The van der Waals surface area contributed by atoms with Crippen molar-refractivity contribution in [1.82, 2.24) is 20.5 Å². The van der Waals surface area contributed by atoms with E-state index < -0.39 is 5.54 Å². The molecule has 6 nitrogen and oxygen atoms in total. The molecule has 7 heteroatoms. The molecule has 0 bridgehead atoms. The predicted molar refractivity (Wildman–Crippen MR) is 80.1 cm³/mol. The normalized spacial score (nSPS) is 29.3. The molecule has 2 N–H and O–H groups in total. The van der Waals surface area contributed by atoms with Gasteiger partial charge in [0.1, 0.15) is 11.4 Å². The summed E-state index contributed by atoms with van der Waals surface area (Å²) in [5.74, 6) is 0.703. The topological polar surface area (TPSA) is 79.9 Å². The number of thioether (sulfide) groups is 1. The molecular weight excluding hydrogens is 288 g/mol. The molecule has 2 unspecified atom stereocenters. The van der Waals surface area contributed by atoms with Crippen molar-refractivity contribution in [3.8, 4) is 0 Å². The number of carbonyl (C=O) groups excluding carboxylic acids is 1. The summed E-state index contributed by atoms with van der Waals surface area (Å²) in [5.41, 5.74) is -0.517. The summed E-state index contributed by atoms with van der Waals surface area (Å²) in [6.07, 6.45) is 6.08. The van der Waals surface area contributed by atoms with E-state index in [0.29, 0.717) is 11.3 Å². The first-order valence-electron chi connectivity index (χ1n) is 7.53. The Morgan fingerprint density at radius 3 is 2.90 bits per heavy atom. The van der Waals surface area contributed by atoms with E-state index in [9.17, 15) is 4.79 Å². The zero-order valence-electron chi connectivity index (χ0n) is 12.5. The van der Waals surface area contributed by atoms with E-state index >= 15 is 0 Å².